The standard InChI is InChI=1S/C14H15NOS/c1-2-16-13-6-4-3-5-11(13)12-9-17-14(15-12)10-7-8-10/h3-6,9-10H,2,7-8H2,1H3. The molecule has 0 N–H and O–H groups in total. The van der Waals surface area contributed by atoms with Crippen LogP contribution in [0.1, 0.15) is 30.7 Å². The first-order valence-electron chi connectivity index (χ1n) is 6.06. The molecule has 1 fully saturated rings. The van der Waals surface area contributed by atoms with Crippen LogP contribution in [0.25, 0.3) is 11.3 Å². The van der Waals surface area contributed by atoms with E-state index in [9.17, 15) is 0 Å². The number of para-hydroxylation sites is 1. The Morgan fingerprint density at radius 3 is 2.94 bits per heavy atom. The Morgan fingerprint density at radius 1 is 1.35 bits per heavy atom. The van der Waals surface area contributed by atoms with Crippen LogP contribution in [0.3, 0.4) is 0 Å². The van der Waals surface area contributed by atoms with E-state index in [0.29, 0.717) is 6.61 Å². The summed E-state index contributed by atoms with van der Waals surface area (Å²) in [7, 11) is 0. The molecule has 3 rings (SSSR count). The highest BCUT2D eigenvalue weighted by Gasteiger charge is 2.27. The van der Waals surface area contributed by atoms with Gasteiger partial charge >= 0.3 is 0 Å². The van der Waals surface area contributed by atoms with Crippen molar-refractivity contribution < 1.29 is 4.74 Å². The normalized spacial score (nSPS) is 14.9. The van der Waals surface area contributed by atoms with Crippen molar-refractivity contribution in [2.24, 2.45) is 0 Å². The molecular weight excluding hydrogens is 230 g/mol. The predicted octanol–water partition coefficient (Wildman–Crippen LogP) is 4.09. The Hall–Kier alpha value is -1.35. The molecule has 1 aromatic heterocycles. The van der Waals surface area contributed by atoms with E-state index in [2.05, 4.69) is 11.4 Å². The summed E-state index contributed by atoms with van der Waals surface area (Å²) in [5, 5.41) is 3.43. The van der Waals surface area contributed by atoms with Gasteiger partial charge in [-0.2, -0.15) is 0 Å². The first-order chi connectivity index (χ1) is 8.38. The minimum absolute atomic E-state index is 0.691. The molecule has 1 saturated carbocycles. The van der Waals surface area contributed by atoms with Crippen LogP contribution in [0, 0.1) is 0 Å². The number of benzene rings is 1. The summed E-state index contributed by atoms with van der Waals surface area (Å²) in [6.07, 6.45) is 2.61. The first-order valence-corrected chi connectivity index (χ1v) is 6.94. The minimum Gasteiger partial charge on any atom is -0.493 e. The molecule has 0 bridgehead atoms. The van der Waals surface area contributed by atoms with E-state index in [1.54, 1.807) is 11.3 Å². The molecule has 3 heteroatoms. The summed E-state index contributed by atoms with van der Waals surface area (Å²) in [6.45, 7) is 2.70. The van der Waals surface area contributed by atoms with Crippen molar-refractivity contribution in [3.8, 4) is 17.0 Å². The van der Waals surface area contributed by atoms with Gasteiger partial charge in [0.1, 0.15) is 5.75 Å². The lowest BCUT2D eigenvalue weighted by molar-refractivity contribution is 0.341. The van der Waals surface area contributed by atoms with Crippen LogP contribution in [0.15, 0.2) is 29.6 Å². The van der Waals surface area contributed by atoms with Crippen LogP contribution in [-0.2, 0) is 0 Å². The molecule has 17 heavy (non-hydrogen) atoms. The first kappa shape index (κ1) is 10.8. The number of rotatable bonds is 4. The van der Waals surface area contributed by atoms with Crippen molar-refractivity contribution in [1.29, 1.82) is 0 Å². The summed E-state index contributed by atoms with van der Waals surface area (Å²) >= 11 is 1.78. The molecule has 0 atom stereocenters. The second-order valence-corrected chi connectivity index (χ2v) is 5.16. The van der Waals surface area contributed by atoms with Gasteiger partial charge in [-0.25, -0.2) is 4.98 Å². The van der Waals surface area contributed by atoms with E-state index in [0.717, 1.165) is 22.9 Å². The van der Waals surface area contributed by atoms with Crippen LogP contribution >= 0.6 is 11.3 Å². The van der Waals surface area contributed by atoms with Gasteiger partial charge in [-0.15, -0.1) is 11.3 Å². The maximum Gasteiger partial charge on any atom is 0.128 e. The van der Waals surface area contributed by atoms with Gasteiger partial charge in [0, 0.05) is 16.9 Å². The fraction of sp³-hybridized carbons (Fsp3) is 0.357. The van der Waals surface area contributed by atoms with Gasteiger partial charge in [-0.1, -0.05) is 12.1 Å². The Bertz CT molecular complexity index is 516. The van der Waals surface area contributed by atoms with E-state index in [1.165, 1.54) is 17.8 Å². The molecule has 1 aromatic carbocycles. The van der Waals surface area contributed by atoms with E-state index >= 15 is 0 Å². The third kappa shape index (κ3) is 2.20. The van der Waals surface area contributed by atoms with Gasteiger partial charge < -0.3 is 4.74 Å². The SMILES string of the molecule is CCOc1ccccc1-c1csc(C2CC2)n1. The summed E-state index contributed by atoms with van der Waals surface area (Å²) in [4.78, 5) is 4.72. The van der Waals surface area contributed by atoms with Crippen molar-refractivity contribution >= 4 is 11.3 Å². The zero-order valence-corrected chi connectivity index (χ0v) is 10.7. The molecule has 88 valence electrons. The number of hydrogen-bond donors (Lipinski definition) is 0. The predicted molar refractivity (Wildman–Crippen MR) is 70.7 cm³/mol. The Balaban J connectivity index is 1.95. The number of ether oxygens (including phenoxy) is 1. The van der Waals surface area contributed by atoms with Gasteiger partial charge in [0.25, 0.3) is 0 Å². The van der Waals surface area contributed by atoms with Gasteiger partial charge in [0.15, 0.2) is 0 Å². The number of aromatic nitrogens is 1. The smallest absolute Gasteiger partial charge is 0.128 e. The molecule has 0 radical (unpaired) electrons. The Labute approximate surface area is 105 Å². The number of nitrogens with zero attached hydrogens (tertiary/aromatic N) is 1. The molecule has 1 heterocycles. The lowest BCUT2D eigenvalue weighted by Gasteiger charge is -2.07. The molecule has 0 saturated heterocycles. The minimum atomic E-state index is 0.691. The third-order valence-electron chi connectivity index (χ3n) is 2.91. The third-order valence-corrected chi connectivity index (χ3v) is 3.92. The van der Waals surface area contributed by atoms with Crippen molar-refractivity contribution in [1.82, 2.24) is 4.98 Å². The summed E-state index contributed by atoms with van der Waals surface area (Å²) < 4.78 is 5.64. The van der Waals surface area contributed by atoms with Crippen molar-refractivity contribution in [3.05, 3.63) is 34.7 Å². The molecular formula is C14H15NOS. The molecule has 0 spiro atoms. The van der Waals surface area contributed by atoms with Crippen LogP contribution in [0.4, 0.5) is 0 Å². The monoisotopic (exact) mass is 245 g/mol. The Morgan fingerprint density at radius 2 is 2.18 bits per heavy atom. The summed E-state index contributed by atoms with van der Waals surface area (Å²) in [5.41, 5.74) is 2.17. The van der Waals surface area contributed by atoms with Gasteiger partial charge in [-0.3, -0.25) is 0 Å². The van der Waals surface area contributed by atoms with E-state index < -0.39 is 0 Å². The maximum absolute atomic E-state index is 5.64. The molecule has 2 nitrogen and oxygen atoms in total. The van der Waals surface area contributed by atoms with Gasteiger partial charge in [0.2, 0.25) is 0 Å². The topological polar surface area (TPSA) is 22.1 Å². The van der Waals surface area contributed by atoms with Crippen LogP contribution in [-0.4, -0.2) is 11.6 Å². The molecule has 2 aromatic rings. The fourth-order valence-corrected chi connectivity index (χ4v) is 2.88. The zero-order chi connectivity index (χ0) is 11.7. The van der Waals surface area contributed by atoms with E-state index in [4.69, 9.17) is 9.72 Å². The van der Waals surface area contributed by atoms with Gasteiger partial charge in [0.05, 0.1) is 17.3 Å². The molecule has 0 unspecified atom stereocenters. The van der Waals surface area contributed by atoms with Crippen molar-refractivity contribution in [3.63, 3.8) is 0 Å². The highest BCUT2D eigenvalue weighted by Crippen LogP contribution is 2.43. The van der Waals surface area contributed by atoms with E-state index in [1.807, 2.05) is 25.1 Å². The van der Waals surface area contributed by atoms with E-state index in [-0.39, 0.29) is 0 Å². The number of hydrogen-bond acceptors (Lipinski definition) is 3. The molecule has 1 aliphatic carbocycles. The number of thiazole rings is 1. The van der Waals surface area contributed by atoms with Crippen LogP contribution in [0.2, 0.25) is 0 Å². The average Bonchev–Trinajstić information content (AvgIpc) is 3.09. The fourth-order valence-electron chi connectivity index (χ4n) is 1.89. The zero-order valence-electron chi connectivity index (χ0n) is 9.85. The average molecular weight is 245 g/mol. The van der Waals surface area contributed by atoms with Crippen molar-refractivity contribution in [2.45, 2.75) is 25.7 Å². The van der Waals surface area contributed by atoms with Crippen LogP contribution in [0.5, 0.6) is 5.75 Å². The quantitative estimate of drug-likeness (QED) is 0.809. The van der Waals surface area contributed by atoms with Crippen LogP contribution < -0.4 is 4.74 Å². The second kappa shape index (κ2) is 4.49. The molecule has 1 aliphatic rings. The summed E-state index contributed by atoms with van der Waals surface area (Å²) in [6, 6.07) is 8.13. The lowest BCUT2D eigenvalue weighted by atomic mass is 10.1. The highest BCUT2D eigenvalue weighted by atomic mass is 32.1. The molecule has 0 aliphatic heterocycles. The largest absolute Gasteiger partial charge is 0.493 e. The Kier molecular flexibility index (Phi) is 2.85. The lowest BCUT2D eigenvalue weighted by Crippen LogP contribution is -1.93. The maximum atomic E-state index is 5.64. The highest BCUT2D eigenvalue weighted by molar-refractivity contribution is 7.10. The summed E-state index contributed by atoms with van der Waals surface area (Å²) in [5.74, 6) is 1.66. The molecule has 0 amide bonds. The van der Waals surface area contributed by atoms with Crippen molar-refractivity contribution in [2.75, 3.05) is 6.61 Å². The van der Waals surface area contributed by atoms with Gasteiger partial charge in [-0.05, 0) is 31.9 Å². The second-order valence-electron chi connectivity index (χ2n) is 4.27.